The molecule has 0 spiro atoms. The molecule has 0 aliphatic carbocycles. The van der Waals surface area contributed by atoms with E-state index in [4.69, 9.17) is 19.4 Å². The van der Waals surface area contributed by atoms with Crippen LogP contribution in [0.15, 0.2) is 36.7 Å². The third-order valence-corrected chi connectivity index (χ3v) is 8.81. The van der Waals surface area contributed by atoms with E-state index in [0.29, 0.717) is 31.7 Å². The zero-order valence-electron chi connectivity index (χ0n) is 27.6. The molecule has 3 aliphatic heterocycles. The van der Waals surface area contributed by atoms with Crippen LogP contribution >= 0.6 is 0 Å². The zero-order valence-corrected chi connectivity index (χ0v) is 27.6. The van der Waals surface area contributed by atoms with Gasteiger partial charge in [-0.3, -0.25) is 9.88 Å². The fourth-order valence-corrected chi connectivity index (χ4v) is 6.61. The summed E-state index contributed by atoms with van der Waals surface area (Å²) in [5.74, 6) is 1.69. The average Bonchev–Trinajstić information content (AvgIpc) is 3.04. The van der Waals surface area contributed by atoms with E-state index < -0.39 is 5.60 Å². The summed E-state index contributed by atoms with van der Waals surface area (Å²) in [4.78, 5) is 37.9. The van der Waals surface area contributed by atoms with Crippen LogP contribution in [-0.4, -0.2) is 121 Å². The maximum absolute atomic E-state index is 12.5. The molecule has 244 valence electrons. The summed E-state index contributed by atoms with van der Waals surface area (Å²) < 4.78 is 12.0. The molecule has 0 unspecified atom stereocenters. The van der Waals surface area contributed by atoms with Gasteiger partial charge in [0.05, 0.1) is 23.3 Å². The van der Waals surface area contributed by atoms with Crippen LogP contribution in [0.5, 0.6) is 0 Å². The highest BCUT2D eigenvalue weighted by molar-refractivity contribution is 5.95. The highest BCUT2D eigenvalue weighted by Gasteiger charge is 2.31. The smallest absolute Gasteiger partial charge is 0.410 e. The number of anilines is 3. The van der Waals surface area contributed by atoms with Crippen molar-refractivity contribution in [3.05, 3.63) is 47.8 Å². The Labute approximate surface area is 271 Å². The van der Waals surface area contributed by atoms with Crippen molar-refractivity contribution in [3.8, 4) is 6.07 Å². The number of nitriles is 1. The van der Waals surface area contributed by atoms with Gasteiger partial charge in [-0.15, -0.1) is 0 Å². The fourth-order valence-electron chi connectivity index (χ4n) is 6.61. The van der Waals surface area contributed by atoms with Gasteiger partial charge in [-0.2, -0.15) is 10.2 Å². The predicted octanol–water partition coefficient (Wildman–Crippen LogP) is 3.68. The van der Waals surface area contributed by atoms with Crippen molar-refractivity contribution in [1.82, 2.24) is 24.8 Å². The van der Waals surface area contributed by atoms with Crippen molar-refractivity contribution in [3.63, 3.8) is 0 Å². The summed E-state index contributed by atoms with van der Waals surface area (Å²) >= 11 is 0. The van der Waals surface area contributed by atoms with E-state index >= 15 is 0 Å². The highest BCUT2D eigenvalue weighted by atomic mass is 16.6. The lowest BCUT2D eigenvalue weighted by atomic mass is 10.1. The van der Waals surface area contributed by atoms with Crippen LogP contribution in [-0.2, 0) is 9.47 Å². The Balaban J connectivity index is 1.05. The molecule has 12 nitrogen and oxygen atoms in total. The maximum Gasteiger partial charge on any atom is 0.410 e. The van der Waals surface area contributed by atoms with E-state index in [1.165, 1.54) is 0 Å². The molecule has 5 heterocycles. The molecule has 3 aromatic rings. The summed E-state index contributed by atoms with van der Waals surface area (Å²) in [7, 11) is 0. The molecular formula is C34H45N9O3. The number of carbonyl (C=O) groups is 1. The Hall–Kier alpha value is -4.21. The largest absolute Gasteiger partial charge is 0.444 e. The number of aryl methyl sites for hydroxylation is 1. The number of amides is 1. The van der Waals surface area contributed by atoms with E-state index in [0.717, 1.165) is 79.7 Å². The van der Waals surface area contributed by atoms with Crippen LogP contribution in [0.3, 0.4) is 0 Å². The van der Waals surface area contributed by atoms with Gasteiger partial charge in [0.1, 0.15) is 17.5 Å². The average molecular weight is 628 g/mol. The Bertz CT molecular complexity index is 1590. The number of hydrogen-bond acceptors (Lipinski definition) is 11. The molecule has 6 rings (SSSR count). The summed E-state index contributed by atoms with van der Waals surface area (Å²) in [5, 5.41) is 10.6. The van der Waals surface area contributed by atoms with Gasteiger partial charge in [0.2, 0.25) is 5.95 Å². The van der Waals surface area contributed by atoms with Gasteiger partial charge in [0.25, 0.3) is 0 Å². The molecule has 3 aliphatic rings. The number of carbonyl (C=O) groups excluding carboxylic acids is 1. The molecule has 1 amide bonds. The SMILES string of the molecule is Cc1cnc(N2CCN(C[C@H]3CN(c4ccc(C#N)c5ncccc45)C[C@@H](C)O3)CC2)nc1N1CCN(C(=O)OC(C)(C)C)CC1. The molecular weight excluding hydrogens is 582 g/mol. The first kappa shape index (κ1) is 31.8. The first-order valence-electron chi connectivity index (χ1n) is 16.3. The molecule has 2 aromatic heterocycles. The van der Waals surface area contributed by atoms with Crippen LogP contribution in [0.2, 0.25) is 0 Å². The number of aromatic nitrogens is 3. The van der Waals surface area contributed by atoms with Crippen molar-refractivity contribution in [2.24, 2.45) is 0 Å². The molecule has 12 heteroatoms. The second kappa shape index (κ2) is 13.3. The van der Waals surface area contributed by atoms with Crippen molar-refractivity contribution in [1.29, 1.82) is 5.26 Å². The van der Waals surface area contributed by atoms with Gasteiger partial charge in [0, 0.05) is 101 Å². The summed E-state index contributed by atoms with van der Waals surface area (Å²) in [6.07, 6.45) is 3.56. The van der Waals surface area contributed by atoms with E-state index in [2.05, 4.69) is 43.6 Å². The lowest BCUT2D eigenvalue weighted by Gasteiger charge is -2.42. The third-order valence-electron chi connectivity index (χ3n) is 8.81. The number of rotatable bonds is 5. The Morgan fingerprint density at radius 1 is 1.00 bits per heavy atom. The Kier molecular flexibility index (Phi) is 9.15. The van der Waals surface area contributed by atoms with Crippen molar-refractivity contribution in [2.45, 2.75) is 52.4 Å². The Morgan fingerprint density at radius 2 is 1.74 bits per heavy atom. The first-order valence-corrected chi connectivity index (χ1v) is 16.3. The monoisotopic (exact) mass is 627 g/mol. The summed E-state index contributed by atoms with van der Waals surface area (Å²) in [5.41, 5.74) is 2.98. The van der Waals surface area contributed by atoms with Gasteiger partial charge < -0.3 is 29.1 Å². The van der Waals surface area contributed by atoms with Gasteiger partial charge in [-0.25, -0.2) is 9.78 Å². The molecule has 46 heavy (non-hydrogen) atoms. The van der Waals surface area contributed by atoms with Gasteiger partial charge in [-0.1, -0.05) is 0 Å². The Morgan fingerprint density at radius 3 is 2.46 bits per heavy atom. The number of ether oxygens (including phenoxy) is 2. The number of hydrogen-bond donors (Lipinski definition) is 0. The molecule has 0 radical (unpaired) electrons. The van der Waals surface area contributed by atoms with Crippen LogP contribution < -0.4 is 14.7 Å². The number of nitrogens with zero attached hydrogens (tertiary/aromatic N) is 9. The molecule has 3 saturated heterocycles. The van der Waals surface area contributed by atoms with Crippen LogP contribution in [0.25, 0.3) is 10.9 Å². The minimum Gasteiger partial charge on any atom is -0.444 e. The van der Waals surface area contributed by atoms with E-state index in [1.54, 1.807) is 11.1 Å². The molecule has 1 aromatic carbocycles. The predicted molar refractivity (Wildman–Crippen MR) is 178 cm³/mol. The van der Waals surface area contributed by atoms with Crippen LogP contribution in [0.4, 0.5) is 22.2 Å². The number of fused-ring (bicyclic) bond motifs is 1. The van der Waals surface area contributed by atoms with E-state index in [-0.39, 0.29) is 18.3 Å². The van der Waals surface area contributed by atoms with Gasteiger partial charge in [-0.05, 0) is 58.9 Å². The number of benzene rings is 1. The van der Waals surface area contributed by atoms with Crippen LogP contribution in [0, 0.1) is 18.3 Å². The number of pyridine rings is 1. The molecule has 0 N–H and O–H groups in total. The maximum atomic E-state index is 12.5. The summed E-state index contributed by atoms with van der Waals surface area (Å²) in [6.45, 7) is 18.4. The van der Waals surface area contributed by atoms with Gasteiger partial charge in [0.15, 0.2) is 0 Å². The number of morpholine rings is 1. The lowest BCUT2D eigenvalue weighted by molar-refractivity contribution is -0.0327. The molecule has 0 saturated carbocycles. The molecule has 0 bridgehead atoms. The second-order valence-corrected chi connectivity index (χ2v) is 13.5. The first-order chi connectivity index (χ1) is 22.1. The van der Waals surface area contributed by atoms with Crippen molar-refractivity contribution < 1.29 is 14.3 Å². The topological polar surface area (TPSA) is 114 Å². The normalized spacial score (nSPS) is 21.4. The second-order valence-electron chi connectivity index (χ2n) is 13.5. The quantitative estimate of drug-likeness (QED) is 0.413. The third kappa shape index (κ3) is 7.11. The van der Waals surface area contributed by atoms with E-state index in [9.17, 15) is 10.1 Å². The molecule has 3 fully saturated rings. The fraction of sp³-hybridized carbons (Fsp3) is 0.559. The van der Waals surface area contributed by atoms with E-state index in [1.807, 2.05) is 52.1 Å². The van der Waals surface area contributed by atoms with Gasteiger partial charge >= 0.3 is 6.09 Å². The number of piperazine rings is 2. The minimum atomic E-state index is -0.502. The highest BCUT2D eigenvalue weighted by Crippen LogP contribution is 2.31. The van der Waals surface area contributed by atoms with Crippen molar-refractivity contribution >= 4 is 34.4 Å². The zero-order chi connectivity index (χ0) is 32.4. The van der Waals surface area contributed by atoms with Crippen LogP contribution in [0.1, 0.15) is 38.8 Å². The summed E-state index contributed by atoms with van der Waals surface area (Å²) in [6, 6.07) is 10.2. The standard InChI is InChI=1S/C34H45N9O3/c1-24-20-37-32(38-31(24)40-15-17-42(18-16-40)33(44)46-34(3,4)5)41-13-11-39(12-14-41)22-27-23-43(21-25(2)45-27)29-9-8-26(19-35)30-28(29)7-6-10-36-30/h6-10,20,25,27H,11-18,21-23H2,1-5H3/t25-,27+/m1/s1. The van der Waals surface area contributed by atoms with Crippen molar-refractivity contribution in [2.75, 3.05) is 86.7 Å². The minimum absolute atomic E-state index is 0.0687. The molecule has 2 atom stereocenters. The lowest BCUT2D eigenvalue weighted by Crippen LogP contribution is -2.54.